The summed E-state index contributed by atoms with van der Waals surface area (Å²) in [6.07, 6.45) is 3.02. The molecule has 0 aliphatic carbocycles. The molecule has 0 fully saturated rings. The molecule has 1 N–H and O–H groups in total. The van der Waals surface area contributed by atoms with E-state index in [0.717, 1.165) is 19.3 Å². The van der Waals surface area contributed by atoms with E-state index in [1.807, 2.05) is 6.92 Å². The van der Waals surface area contributed by atoms with E-state index < -0.39 is 23.5 Å². The van der Waals surface area contributed by atoms with Crippen LogP contribution in [0.25, 0.3) is 11.0 Å². The van der Waals surface area contributed by atoms with Crippen molar-refractivity contribution in [2.24, 2.45) is 0 Å². The molecular formula is C30H31N3O7S. The maximum Gasteiger partial charge on any atom is 0.296 e. The van der Waals surface area contributed by atoms with E-state index in [-0.39, 0.29) is 16.5 Å². The number of Topliss-reactive ketones (excluding diaryl/α,β-unsaturated/α-hetero) is 1. The molecule has 214 valence electrons. The second-order valence-electron chi connectivity index (χ2n) is 9.46. The van der Waals surface area contributed by atoms with Gasteiger partial charge in [-0.05, 0) is 50.1 Å². The zero-order valence-corrected chi connectivity index (χ0v) is 24.1. The number of nitrogens with zero attached hydrogens (tertiary/aromatic N) is 3. The Morgan fingerprint density at radius 1 is 1.07 bits per heavy atom. The van der Waals surface area contributed by atoms with Crippen molar-refractivity contribution in [2.45, 2.75) is 46.1 Å². The van der Waals surface area contributed by atoms with Crippen molar-refractivity contribution in [1.29, 1.82) is 0 Å². The van der Waals surface area contributed by atoms with E-state index in [4.69, 9.17) is 18.6 Å². The van der Waals surface area contributed by atoms with Crippen LogP contribution in [0.4, 0.5) is 5.13 Å². The number of aromatic nitrogens is 2. The Balaban J connectivity index is 1.60. The average molecular weight is 578 g/mol. The summed E-state index contributed by atoms with van der Waals surface area (Å²) in [7, 11) is 1.51. The van der Waals surface area contributed by atoms with E-state index in [1.54, 1.807) is 49.4 Å². The van der Waals surface area contributed by atoms with Gasteiger partial charge in [0.1, 0.15) is 5.01 Å². The zero-order chi connectivity index (χ0) is 29.1. The third-order valence-corrected chi connectivity index (χ3v) is 7.55. The molecule has 5 rings (SSSR count). The lowest BCUT2D eigenvalue weighted by molar-refractivity contribution is -0.117. The molecule has 1 unspecified atom stereocenters. The predicted molar refractivity (Wildman–Crippen MR) is 154 cm³/mol. The van der Waals surface area contributed by atoms with Crippen LogP contribution in [-0.2, 0) is 4.79 Å². The molecule has 0 radical (unpaired) electrons. The van der Waals surface area contributed by atoms with Gasteiger partial charge in [0.05, 0.1) is 31.9 Å². The summed E-state index contributed by atoms with van der Waals surface area (Å²) in [6.45, 7) is 6.66. The number of furan rings is 1. The van der Waals surface area contributed by atoms with E-state index in [9.17, 15) is 14.7 Å². The summed E-state index contributed by atoms with van der Waals surface area (Å²) in [6, 6.07) is 11.1. The van der Waals surface area contributed by atoms with Crippen LogP contribution in [0.3, 0.4) is 0 Å². The van der Waals surface area contributed by atoms with Crippen molar-refractivity contribution in [2.75, 3.05) is 25.2 Å². The van der Waals surface area contributed by atoms with E-state index in [2.05, 4.69) is 17.1 Å². The number of aryl methyl sites for hydroxylation is 1. The van der Waals surface area contributed by atoms with Crippen molar-refractivity contribution >= 4 is 39.1 Å². The number of carbonyl (C=O) groups excluding carboxylic acids is 2. The Bertz CT molecular complexity index is 1620. The first-order chi connectivity index (χ1) is 19.9. The molecule has 1 amide bonds. The molecule has 1 aliphatic rings. The Labute approximate surface area is 241 Å². The Morgan fingerprint density at radius 2 is 1.90 bits per heavy atom. The van der Waals surface area contributed by atoms with Gasteiger partial charge in [0.15, 0.2) is 34.4 Å². The van der Waals surface area contributed by atoms with Gasteiger partial charge in [-0.25, -0.2) is 0 Å². The third kappa shape index (κ3) is 5.37. The number of rotatable bonds is 12. The maximum atomic E-state index is 14.0. The Hall–Kier alpha value is -4.38. The molecule has 1 aliphatic heterocycles. The smallest absolute Gasteiger partial charge is 0.296 e. The molecule has 4 aromatic rings. The molecule has 11 heteroatoms. The highest BCUT2D eigenvalue weighted by molar-refractivity contribution is 7.15. The van der Waals surface area contributed by atoms with Gasteiger partial charge in [0.2, 0.25) is 10.9 Å². The van der Waals surface area contributed by atoms with Crippen LogP contribution in [0.1, 0.15) is 60.3 Å². The van der Waals surface area contributed by atoms with Gasteiger partial charge in [0, 0.05) is 5.39 Å². The summed E-state index contributed by atoms with van der Waals surface area (Å²) in [5, 5.41) is 20.8. The van der Waals surface area contributed by atoms with Gasteiger partial charge in [0.25, 0.3) is 5.91 Å². The molecule has 0 spiro atoms. The highest BCUT2D eigenvalue weighted by Crippen LogP contribution is 2.45. The third-order valence-electron chi connectivity index (χ3n) is 6.71. The number of ketones is 1. The first-order valence-corrected chi connectivity index (χ1v) is 14.3. The zero-order valence-electron chi connectivity index (χ0n) is 23.3. The van der Waals surface area contributed by atoms with Crippen LogP contribution in [0.15, 0.2) is 58.2 Å². The molecule has 0 saturated heterocycles. The van der Waals surface area contributed by atoms with Gasteiger partial charge in [-0.2, -0.15) is 0 Å². The molecular weight excluding hydrogens is 546 g/mol. The van der Waals surface area contributed by atoms with Gasteiger partial charge >= 0.3 is 0 Å². The monoisotopic (exact) mass is 577 g/mol. The minimum Gasteiger partial charge on any atom is -0.503 e. The minimum absolute atomic E-state index is 0.0416. The largest absolute Gasteiger partial charge is 0.503 e. The Kier molecular flexibility index (Phi) is 8.25. The lowest BCUT2D eigenvalue weighted by atomic mass is 9.95. The molecule has 41 heavy (non-hydrogen) atoms. The number of anilines is 1. The Morgan fingerprint density at radius 3 is 2.61 bits per heavy atom. The molecule has 0 bridgehead atoms. The van der Waals surface area contributed by atoms with Gasteiger partial charge < -0.3 is 23.7 Å². The van der Waals surface area contributed by atoms with Crippen molar-refractivity contribution in [3.8, 4) is 17.2 Å². The van der Waals surface area contributed by atoms with Crippen LogP contribution in [0.5, 0.6) is 17.2 Å². The van der Waals surface area contributed by atoms with Gasteiger partial charge in [-0.15, -0.1) is 10.2 Å². The minimum atomic E-state index is -1.02. The fraction of sp³-hybridized carbons (Fsp3) is 0.333. The number of para-hydroxylation sites is 1. The lowest BCUT2D eigenvalue weighted by Gasteiger charge is -2.25. The number of carbonyl (C=O) groups is 2. The molecule has 1 atom stereocenters. The van der Waals surface area contributed by atoms with Crippen LogP contribution in [0, 0.1) is 6.92 Å². The SMILES string of the molecule is CCCCCOc1ccc(C2C(C(=O)c3cc4cccc(OC)c4o3)=C(O)C(=O)N2c2nnc(C)s2)cc1OCC. The number of methoxy groups -OCH3 is 1. The number of hydrogen-bond donors (Lipinski definition) is 1. The number of aliphatic hydroxyl groups excluding tert-OH is 1. The summed E-state index contributed by atoms with van der Waals surface area (Å²) >= 11 is 1.18. The van der Waals surface area contributed by atoms with E-state index in [0.29, 0.717) is 52.0 Å². The number of unbranched alkanes of at least 4 members (excludes halogenated alkanes) is 2. The van der Waals surface area contributed by atoms with Crippen molar-refractivity contribution in [1.82, 2.24) is 10.2 Å². The van der Waals surface area contributed by atoms with E-state index in [1.165, 1.54) is 23.3 Å². The quantitative estimate of drug-likeness (QED) is 0.151. The second-order valence-corrected chi connectivity index (χ2v) is 10.6. The van der Waals surface area contributed by atoms with Crippen LogP contribution in [-0.4, -0.2) is 47.3 Å². The van der Waals surface area contributed by atoms with Crippen LogP contribution in [0.2, 0.25) is 0 Å². The van der Waals surface area contributed by atoms with Crippen LogP contribution >= 0.6 is 11.3 Å². The summed E-state index contributed by atoms with van der Waals surface area (Å²) in [4.78, 5) is 28.8. The molecule has 2 aromatic heterocycles. The molecule has 10 nitrogen and oxygen atoms in total. The standard InChI is InChI=1S/C30H31N3O7S/c1-5-7-8-14-39-20-13-12-18(15-22(20)38-6-2)25-24(27(35)29(36)33(25)30-32-31-17(3)41-30)26(34)23-16-19-10-9-11-21(37-4)28(19)40-23/h9-13,15-16,25,35H,5-8,14H2,1-4H3. The fourth-order valence-electron chi connectivity index (χ4n) is 4.79. The predicted octanol–water partition coefficient (Wildman–Crippen LogP) is 6.35. The first-order valence-electron chi connectivity index (χ1n) is 13.4. The highest BCUT2D eigenvalue weighted by atomic mass is 32.1. The number of fused-ring (bicyclic) bond motifs is 1. The average Bonchev–Trinajstić information content (AvgIpc) is 3.67. The van der Waals surface area contributed by atoms with Gasteiger partial charge in [-0.3, -0.25) is 14.5 Å². The van der Waals surface area contributed by atoms with Gasteiger partial charge in [-0.1, -0.05) is 49.3 Å². The summed E-state index contributed by atoms with van der Waals surface area (Å²) in [5.41, 5.74) is 0.774. The molecule has 0 saturated carbocycles. The number of aliphatic hydroxyl groups is 1. The lowest BCUT2D eigenvalue weighted by Crippen LogP contribution is -2.31. The highest BCUT2D eigenvalue weighted by Gasteiger charge is 2.47. The summed E-state index contributed by atoms with van der Waals surface area (Å²) < 4.78 is 23.1. The molecule has 2 aromatic carbocycles. The second kappa shape index (κ2) is 12.0. The summed E-state index contributed by atoms with van der Waals surface area (Å²) in [5.74, 6) is -0.644. The van der Waals surface area contributed by atoms with Crippen molar-refractivity contribution in [3.05, 3.63) is 70.1 Å². The number of amides is 1. The van der Waals surface area contributed by atoms with Crippen molar-refractivity contribution in [3.63, 3.8) is 0 Å². The fourth-order valence-corrected chi connectivity index (χ4v) is 5.51. The van der Waals surface area contributed by atoms with E-state index >= 15 is 0 Å². The van der Waals surface area contributed by atoms with Crippen LogP contribution < -0.4 is 19.1 Å². The normalized spacial score (nSPS) is 15.2. The maximum absolute atomic E-state index is 14.0. The molecule has 3 heterocycles. The van der Waals surface area contributed by atoms with Crippen molar-refractivity contribution < 1.29 is 33.3 Å². The number of hydrogen-bond acceptors (Lipinski definition) is 10. The first kappa shape index (κ1) is 28.2. The number of ether oxygens (including phenoxy) is 3. The number of benzene rings is 2. The topological polar surface area (TPSA) is 124 Å².